The van der Waals surface area contributed by atoms with Crippen molar-refractivity contribution in [3.8, 4) is 0 Å². The molecule has 1 aromatic heterocycles. The second kappa shape index (κ2) is 7.03. The Kier molecular flexibility index (Phi) is 4.35. The number of carbonyl (C=O) groups is 1. The first-order valence-electron chi connectivity index (χ1n) is 8.97. The first-order chi connectivity index (χ1) is 14.1. The Bertz CT molecular complexity index is 1370. The van der Waals surface area contributed by atoms with E-state index < -0.39 is 5.97 Å². The number of aromatic nitrogens is 1. The predicted octanol–water partition coefficient (Wildman–Crippen LogP) is 6.68. The van der Waals surface area contributed by atoms with Gasteiger partial charge in [-0.2, -0.15) is 0 Å². The Morgan fingerprint density at radius 2 is 1.66 bits per heavy atom. The molecule has 0 unspecified atom stereocenters. The summed E-state index contributed by atoms with van der Waals surface area (Å²) in [5, 5.41) is 3.99. The van der Waals surface area contributed by atoms with Crippen LogP contribution in [0.15, 0.2) is 78.4 Å². The van der Waals surface area contributed by atoms with Gasteiger partial charge in [-0.1, -0.05) is 65.7 Å². The van der Waals surface area contributed by atoms with Crippen molar-refractivity contribution < 1.29 is 9.53 Å². The number of nitrogens with zero attached hydrogens (tertiary/aromatic N) is 1. The molecule has 0 bridgehead atoms. The molecule has 0 saturated heterocycles. The van der Waals surface area contributed by atoms with Gasteiger partial charge in [-0.25, -0.2) is 9.78 Å². The number of hydrogen-bond acceptors (Lipinski definition) is 3. The molecule has 0 amide bonds. The highest BCUT2D eigenvalue weighted by molar-refractivity contribution is 6.32. The smallest absolute Gasteiger partial charge is 0.343 e. The molecule has 0 spiro atoms. The lowest BCUT2D eigenvalue weighted by molar-refractivity contribution is -0.130. The molecule has 0 atom stereocenters. The van der Waals surface area contributed by atoms with Crippen LogP contribution in [0.3, 0.4) is 0 Å². The average molecular weight is 418 g/mol. The Hall–Kier alpha value is -3.14. The Morgan fingerprint density at radius 1 is 0.862 bits per heavy atom. The monoisotopic (exact) mass is 417 g/mol. The van der Waals surface area contributed by atoms with E-state index in [9.17, 15) is 4.79 Å². The van der Waals surface area contributed by atoms with Crippen LogP contribution >= 0.6 is 23.2 Å². The van der Waals surface area contributed by atoms with Gasteiger partial charge in [0.2, 0.25) is 0 Å². The molecule has 0 aliphatic carbocycles. The van der Waals surface area contributed by atoms with Gasteiger partial charge in [0.05, 0.1) is 11.1 Å². The maximum atomic E-state index is 12.4. The molecule has 0 fully saturated rings. The highest BCUT2D eigenvalue weighted by atomic mass is 35.5. The molecule has 29 heavy (non-hydrogen) atoms. The number of ether oxygens (including phenoxy) is 1. The molecule has 4 aromatic rings. The summed E-state index contributed by atoms with van der Waals surface area (Å²) in [7, 11) is 0. The fourth-order valence-corrected chi connectivity index (χ4v) is 3.74. The molecule has 0 radical (unpaired) electrons. The third kappa shape index (κ3) is 3.39. The Morgan fingerprint density at radius 3 is 2.52 bits per heavy atom. The van der Waals surface area contributed by atoms with Crippen LogP contribution in [-0.2, 0) is 9.53 Å². The van der Waals surface area contributed by atoms with Crippen molar-refractivity contribution in [1.82, 2.24) is 4.98 Å². The number of carbonyl (C=O) groups excluding carboxylic acids is 1. The van der Waals surface area contributed by atoms with Crippen LogP contribution in [0, 0.1) is 0 Å². The molecule has 0 N–H and O–H groups in total. The number of pyridine rings is 1. The van der Waals surface area contributed by atoms with Crippen LogP contribution in [0.25, 0.3) is 33.5 Å². The van der Waals surface area contributed by atoms with E-state index in [0.717, 1.165) is 21.7 Å². The van der Waals surface area contributed by atoms with Crippen LogP contribution in [0.1, 0.15) is 11.1 Å². The van der Waals surface area contributed by atoms with Gasteiger partial charge in [-0.05, 0) is 47.2 Å². The Labute approximate surface area is 176 Å². The minimum Gasteiger partial charge on any atom is -0.422 e. The SMILES string of the molecule is O=C1OC(c2ccc3ccccc3c2)=C/C1=C\c1cc2ccc(Cl)cc2nc1Cl. The van der Waals surface area contributed by atoms with Crippen LogP contribution in [0.5, 0.6) is 0 Å². The molecule has 140 valence electrons. The number of fused-ring (bicyclic) bond motifs is 2. The van der Waals surface area contributed by atoms with E-state index in [0.29, 0.717) is 32.6 Å². The summed E-state index contributed by atoms with van der Waals surface area (Å²) >= 11 is 12.3. The van der Waals surface area contributed by atoms with Crippen molar-refractivity contribution in [3.05, 3.63) is 99.7 Å². The number of cyclic esters (lactones) is 1. The van der Waals surface area contributed by atoms with E-state index >= 15 is 0 Å². The zero-order valence-corrected chi connectivity index (χ0v) is 16.5. The highest BCUT2D eigenvalue weighted by Crippen LogP contribution is 2.31. The predicted molar refractivity (Wildman–Crippen MR) is 118 cm³/mol. The quantitative estimate of drug-likeness (QED) is 0.207. The fourth-order valence-electron chi connectivity index (χ4n) is 3.38. The third-order valence-corrected chi connectivity index (χ3v) is 5.37. The lowest BCUT2D eigenvalue weighted by Crippen LogP contribution is -1.97. The van der Waals surface area contributed by atoms with E-state index in [1.165, 1.54) is 0 Å². The number of rotatable bonds is 2. The van der Waals surface area contributed by atoms with Crippen LogP contribution in [0.2, 0.25) is 10.2 Å². The average Bonchev–Trinajstić information content (AvgIpc) is 3.09. The largest absolute Gasteiger partial charge is 0.422 e. The van der Waals surface area contributed by atoms with E-state index in [1.54, 1.807) is 24.3 Å². The van der Waals surface area contributed by atoms with E-state index in [1.807, 2.05) is 54.6 Å². The molecule has 0 saturated carbocycles. The zero-order chi connectivity index (χ0) is 20.0. The van der Waals surface area contributed by atoms with Gasteiger partial charge >= 0.3 is 5.97 Å². The summed E-state index contributed by atoms with van der Waals surface area (Å²) < 4.78 is 5.50. The molecule has 5 rings (SSSR count). The summed E-state index contributed by atoms with van der Waals surface area (Å²) in [6.07, 6.45) is 3.43. The fraction of sp³-hybridized carbons (Fsp3) is 0. The van der Waals surface area contributed by atoms with Crippen molar-refractivity contribution >= 4 is 62.7 Å². The van der Waals surface area contributed by atoms with Gasteiger partial charge in [-0.3, -0.25) is 0 Å². The van der Waals surface area contributed by atoms with Crippen molar-refractivity contribution in [1.29, 1.82) is 0 Å². The van der Waals surface area contributed by atoms with Gasteiger partial charge < -0.3 is 4.74 Å². The molecule has 3 aromatic carbocycles. The van der Waals surface area contributed by atoms with Crippen LogP contribution in [0.4, 0.5) is 0 Å². The van der Waals surface area contributed by atoms with Gasteiger partial charge in [0.1, 0.15) is 10.9 Å². The molecule has 2 heterocycles. The standard InChI is InChI=1S/C24H13Cl2NO2/c25-20-8-7-16-10-18(23(26)27-21(16)13-20)11-19-12-22(29-24(19)28)17-6-5-14-3-1-2-4-15(14)9-17/h1-13H/b19-11+. The van der Waals surface area contributed by atoms with Gasteiger partial charge in [0, 0.05) is 21.5 Å². The van der Waals surface area contributed by atoms with Gasteiger partial charge in [-0.15, -0.1) is 0 Å². The second-order valence-electron chi connectivity index (χ2n) is 6.77. The summed E-state index contributed by atoms with van der Waals surface area (Å²) in [6, 6.07) is 21.3. The van der Waals surface area contributed by atoms with Crippen molar-refractivity contribution in [3.63, 3.8) is 0 Å². The minimum absolute atomic E-state index is 0.299. The number of esters is 1. The number of hydrogen-bond donors (Lipinski definition) is 0. The number of halogens is 2. The van der Waals surface area contributed by atoms with E-state index in [-0.39, 0.29) is 0 Å². The lowest BCUT2D eigenvalue weighted by Gasteiger charge is -2.04. The molecular formula is C24H13Cl2NO2. The van der Waals surface area contributed by atoms with Crippen LogP contribution < -0.4 is 0 Å². The molecule has 5 heteroatoms. The molecule has 1 aliphatic rings. The maximum absolute atomic E-state index is 12.4. The highest BCUT2D eigenvalue weighted by Gasteiger charge is 2.22. The van der Waals surface area contributed by atoms with Crippen molar-refractivity contribution in [2.24, 2.45) is 0 Å². The van der Waals surface area contributed by atoms with Gasteiger partial charge in [0.25, 0.3) is 0 Å². The van der Waals surface area contributed by atoms with Gasteiger partial charge in [0.15, 0.2) is 0 Å². The van der Waals surface area contributed by atoms with Crippen LogP contribution in [-0.4, -0.2) is 11.0 Å². The summed E-state index contributed by atoms with van der Waals surface area (Å²) in [5.74, 6) is 0.101. The van der Waals surface area contributed by atoms with Crippen molar-refractivity contribution in [2.45, 2.75) is 0 Å². The Balaban J connectivity index is 1.55. The summed E-state index contributed by atoms with van der Waals surface area (Å²) in [5.41, 5.74) is 2.61. The summed E-state index contributed by atoms with van der Waals surface area (Å²) in [6.45, 7) is 0. The topological polar surface area (TPSA) is 39.2 Å². The summed E-state index contributed by atoms with van der Waals surface area (Å²) in [4.78, 5) is 16.8. The van der Waals surface area contributed by atoms with E-state index in [2.05, 4.69) is 4.98 Å². The molecule has 1 aliphatic heterocycles. The molecule has 3 nitrogen and oxygen atoms in total. The second-order valence-corrected chi connectivity index (χ2v) is 7.56. The third-order valence-electron chi connectivity index (χ3n) is 4.83. The lowest BCUT2D eigenvalue weighted by atomic mass is 10.1. The molecular weight excluding hydrogens is 405 g/mol. The normalized spacial score (nSPS) is 15.2. The minimum atomic E-state index is -0.416. The first-order valence-corrected chi connectivity index (χ1v) is 9.73. The number of benzene rings is 3. The maximum Gasteiger partial charge on any atom is 0.343 e. The first kappa shape index (κ1) is 17.9. The zero-order valence-electron chi connectivity index (χ0n) is 15.0. The van der Waals surface area contributed by atoms with E-state index in [4.69, 9.17) is 27.9 Å². The van der Waals surface area contributed by atoms with Crippen molar-refractivity contribution in [2.75, 3.05) is 0 Å².